The molecule has 4 N–H and O–H groups in total. The topological polar surface area (TPSA) is 80.9 Å². The van der Waals surface area contributed by atoms with E-state index >= 15 is 0 Å². The van der Waals surface area contributed by atoms with Crippen LogP contribution in [0.1, 0.15) is 106 Å². The first-order valence-electron chi connectivity index (χ1n) is 14.0. The number of hydrogen-bond donors (Lipinski definition) is 4. The summed E-state index contributed by atoms with van der Waals surface area (Å²) in [6.07, 6.45) is 8.87. The quantitative estimate of drug-likeness (QED) is 0.383. The van der Waals surface area contributed by atoms with E-state index in [-0.39, 0.29) is 28.8 Å². The third-order valence-electron chi connectivity index (χ3n) is 12.8. The Morgan fingerprint density at radius 2 is 1.62 bits per heavy atom. The molecule has 0 bridgehead atoms. The van der Waals surface area contributed by atoms with Crippen LogP contribution in [0.25, 0.3) is 0 Å². The summed E-state index contributed by atoms with van der Waals surface area (Å²) in [5.41, 5.74) is 0.145. The molecule has 0 radical (unpaired) electrons. The van der Waals surface area contributed by atoms with Gasteiger partial charge in [0.1, 0.15) is 0 Å². The highest BCUT2D eigenvalue weighted by Crippen LogP contribution is 2.75. The van der Waals surface area contributed by atoms with Crippen molar-refractivity contribution in [1.82, 2.24) is 0 Å². The predicted molar refractivity (Wildman–Crippen MR) is 137 cm³/mol. The van der Waals surface area contributed by atoms with Crippen molar-refractivity contribution >= 4 is 0 Å². The Hall–Kier alpha value is -0.420. The summed E-state index contributed by atoms with van der Waals surface area (Å²) in [6.45, 7) is 17.5. The van der Waals surface area contributed by atoms with Gasteiger partial charge in [-0.1, -0.05) is 39.8 Å². The van der Waals surface area contributed by atoms with Crippen LogP contribution in [0.15, 0.2) is 12.2 Å². The largest absolute Gasteiger partial charge is 0.396 e. The van der Waals surface area contributed by atoms with Crippen molar-refractivity contribution in [3.05, 3.63) is 12.2 Å². The first-order chi connectivity index (χ1) is 15.7. The maximum atomic E-state index is 11.6. The van der Waals surface area contributed by atoms with Crippen LogP contribution in [-0.4, -0.2) is 44.8 Å². The third kappa shape index (κ3) is 3.60. The zero-order valence-corrected chi connectivity index (χ0v) is 22.7. The van der Waals surface area contributed by atoms with E-state index in [1.165, 1.54) is 6.42 Å². The molecule has 4 saturated carbocycles. The summed E-state index contributed by atoms with van der Waals surface area (Å²) in [6, 6.07) is 0. The molecule has 4 heteroatoms. The van der Waals surface area contributed by atoms with Crippen LogP contribution in [-0.2, 0) is 0 Å². The molecule has 34 heavy (non-hydrogen) atoms. The van der Waals surface area contributed by atoms with Gasteiger partial charge in [0.05, 0.1) is 24.4 Å². The minimum Gasteiger partial charge on any atom is -0.396 e. The summed E-state index contributed by atoms with van der Waals surface area (Å²) in [5.74, 6) is 1.72. The normalized spacial score (nSPS) is 51.1. The Kier molecular flexibility index (Phi) is 6.71. The molecule has 0 aromatic heterocycles. The fourth-order valence-corrected chi connectivity index (χ4v) is 10.4. The number of hydrogen-bond acceptors (Lipinski definition) is 4. The maximum Gasteiger partial charge on any atom is 0.0745 e. The lowest BCUT2D eigenvalue weighted by atomic mass is 9.35. The third-order valence-corrected chi connectivity index (χ3v) is 12.8. The standard InChI is InChI=1S/C30H52O4/c1-19(2)22(32)11-17-30(7,34)21-10-15-28(5)20(21)8-9-24-26(3)14-13-25(33)27(4,18-31)23(26)12-16-29(24,28)6/h20-25,31-34H,1,8-18H2,2-7H3/t20-,21+,22+,23-,24-,25+,26+,27+,28-,29-,30+/m1/s1. The van der Waals surface area contributed by atoms with E-state index in [9.17, 15) is 20.4 Å². The molecule has 4 rings (SSSR count). The maximum absolute atomic E-state index is 11.6. The molecular formula is C30H52O4. The molecule has 11 atom stereocenters. The molecule has 0 aliphatic heterocycles. The van der Waals surface area contributed by atoms with E-state index < -0.39 is 23.2 Å². The van der Waals surface area contributed by atoms with Crippen molar-refractivity contribution in [2.75, 3.05) is 6.61 Å². The van der Waals surface area contributed by atoms with Gasteiger partial charge in [0.2, 0.25) is 0 Å². The Morgan fingerprint density at radius 1 is 0.971 bits per heavy atom. The first-order valence-corrected chi connectivity index (χ1v) is 14.0. The molecule has 0 amide bonds. The number of rotatable bonds is 6. The molecule has 4 nitrogen and oxygen atoms in total. The highest BCUT2D eigenvalue weighted by atomic mass is 16.3. The lowest BCUT2D eigenvalue weighted by Crippen LogP contribution is -2.65. The summed E-state index contributed by atoms with van der Waals surface area (Å²) in [5, 5.41) is 43.2. The highest BCUT2D eigenvalue weighted by molar-refractivity contribution is 5.18. The van der Waals surface area contributed by atoms with Gasteiger partial charge in [-0.3, -0.25) is 0 Å². The molecule has 0 saturated heterocycles. The summed E-state index contributed by atoms with van der Waals surface area (Å²) >= 11 is 0. The second-order valence-corrected chi connectivity index (χ2v) is 14.3. The van der Waals surface area contributed by atoms with Gasteiger partial charge in [-0.15, -0.1) is 0 Å². The van der Waals surface area contributed by atoms with Crippen molar-refractivity contribution in [3.63, 3.8) is 0 Å². The van der Waals surface area contributed by atoms with Gasteiger partial charge in [0, 0.05) is 5.41 Å². The van der Waals surface area contributed by atoms with E-state index in [1.807, 2.05) is 13.8 Å². The van der Waals surface area contributed by atoms with Crippen LogP contribution < -0.4 is 0 Å². The van der Waals surface area contributed by atoms with Gasteiger partial charge in [-0.25, -0.2) is 0 Å². The molecule has 0 aromatic carbocycles. The second kappa shape index (κ2) is 8.57. The molecule has 4 aliphatic carbocycles. The van der Waals surface area contributed by atoms with Crippen molar-refractivity contribution in [1.29, 1.82) is 0 Å². The number of aliphatic hydroxyl groups excluding tert-OH is 3. The Bertz CT molecular complexity index is 793. The zero-order chi connectivity index (χ0) is 25.3. The van der Waals surface area contributed by atoms with Crippen molar-refractivity contribution in [2.24, 2.45) is 45.3 Å². The van der Waals surface area contributed by atoms with Crippen LogP contribution in [0.2, 0.25) is 0 Å². The average Bonchev–Trinajstić information content (AvgIpc) is 3.14. The lowest BCUT2D eigenvalue weighted by Gasteiger charge is -2.70. The first kappa shape index (κ1) is 26.6. The van der Waals surface area contributed by atoms with E-state index in [1.54, 1.807) is 0 Å². The number of aliphatic hydroxyl groups is 4. The summed E-state index contributed by atoms with van der Waals surface area (Å²) in [7, 11) is 0. The van der Waals surface area contributed by atoms with Crippen LogP contribution in [0.5, 0.6) is 0 Å². The van der Waals surface area contributed by atoms with E-state index in [4.69, 9.17) is 0 Å². The fraction of sp³-hybridized carbons (Fsp3) is 0.933. The van der Waals surface area contributed by atoms with Crippen molar-refractivity contribution < 1.29 is 20.4 Å². The minimum atomic E-state index is -0.770. The fourth-order valence-electron chi connectivity index (χ4n) is 10.4. The Labute approximate surface area is 208 Å². The number of fused-ring (bicyclic) bond motifs is 5. The van der Waals surface area contributed by atoms with E-state index in [0.29, 0.717) is 30.6 Å². The van der Waals surface area contributed by atoms with E-state index in [0.717, 1.165) is 50.5 Å². The van der Waals surface area contributed by atoms with Gasteiger partial charge < -0.3 is 20.4 Å². The lowest BCUT2D eigenvalue weighted by molar-refractivity contribution is -0.234. The summed E-state index contributed by atoms with van der Waals surface area (Å²) < 4.78 is 0. The van der Waals surface area contributed by atoms with Crippen LogP contribution in [0.3, 0.4) is 0 Å². The van der Waals surface area contributed by atoms with Crippen LogP contribution >= 0.6 is 0 Å². The Balaban J connectivity index is 1.60. The van der Waals surface area contributed by atoms with Gasteiger partial charge in [0.15, 0.2) is 0 Å². The van der Waals surface area contributed by atoms with Gasteiger partial charge in [-0.2, -0.15) is 0 Å². The summed E-state index contributed by atoms with van der Waals surface area (Å²) in [4.78, 5) is 0. The predicted octanol–water partition coefficient (Wildman–Crippen LogP) is 5.47. The minimum absolute atomic E-state index is 0.0682. The zero-order valence-electron chi connectivity index (χ0n) is 22.7. The SMILES string of the molecule is C=C(C)[C@@H](O)CC[C@](C)(O)[C@H]1CC[C@]2(C)[C@@H]1CC[C@@H]1[C@@]3(C)CC[C@H](O)[C@@](C)(CO)[C@@H]3CC[C@]12C. The van der Waals surface area contributed by atoms with E-state index in [2.05, 4.69) is 34.3 Å². The highest BCUT2D eigenvalue weighted by Gasteiger charge is 2.69. The van der Waals surface area contributed by atoms with Crippen molar-refractivity contribution in [3.8, 4) is 0 Å². The average molecular weight is 477 g/mol. The van der Waals surface area contributed by atoms with Gasteiger partial charge in [-0.05, 0) is 118 Å². The Morgan fingerprint density at radius 3 is 2.24 bits per heavy atom. The molecule has 0 aromatic rings. The monoisotopic (exact) mass is 476 g/mol. The molecule has 4 fully saturated rings. The van der Waals surface area contributed by atoms with Crippen LogP contribution in [0.4, 0.5) is 0 Å². The molecule has 0 unspecified atom stereocenters. The molecule has 0 heterocycles. The molecule has 0 spiro atoms. The molecular weight excluding hydrogens is 424 g/mol. The smallest absolute Gasteiger partial charge is 0.0745 e. The second-order valence-electron chi connectivity index (χ2n) is 14.3. The van der Waals surface area contributed by atoms with Gasteiger partial charge >= 0.3 is 0 Å². The molecule has 196 valence electrons. The van der Waals surface area contributed by atoms with Gasteiger partial charge in [0.25, 0.3) is 0 Å². The van der Waals surface area contributed by atoms with Crippen molar-refractivity contribution in [2.45, 2.75) is 124 Å². The van der Waals surface area contributed by atoms with Crippen LogP contribution in [0, 0.1) is 45.3 Å². The molecule has 4 aliphatic rings.